The van der Waals surface area contributed by atoms with Crippen LogP contribution >= 0.6 is 11.5 Å². The Balaban J connectivity index is 2.17. The molecule has 0 unspecified atom stereocenters. The first-order valence-electron chi connectivity index (χ1n) is 4.64. The molecule has 0 aliphatic heterocycles. The van der Waals surface area contributed by atoms with E-state index in [4.69, 9.17) is 4.74 Å². The predicted molar refractivity (Wildman–Crippen MR) is 55.7 cm³/mol. The van der Waals surface area contributed by atoms with Gasteiger partial charge >= 0.3 is 0 Å². The van der Waals surface area contributed by atoms with E-state index < -0.39 is 11.6 Å². The molecule has 1 heterocycles. The first-order valence-corrected chi connectivity index (χ1v) is 5.42. The Kier molecular flexibility index (Phi) is 3.09. The number of ether oxygens (including phenoxy) is 1. The largest absolute Gasteiger partial charge is 0.430 e. The van der Waals surface area contributed by atoms with E-state index in [0.29, 0.717) is 17.4 Å². The Hall–Kier alpha value is -1.56. The van der Waals surface area contributed by atoms with Crippen LogP contribution in [0.2, 0.25) is 0 Å². The summed E-state index contributed by atoms with van der Waals surface area (Å²) >= 11 is 1.08. The average Bonchev–Trinajstić information content (AvgIpc) is 2.71. The summed E-state index contributed by atoms with van der Waals surface area (Å²) in [7, 11) is 0. The van der Waals surface area contributed by atoms with Crippen molar-refractivity contribution in [2.24, 2.45) is 0 Å². The van der Waals surface area contributed by atoms with Crippen molar-refractivity contribution in [1.29, 1.82) is 0 Å². The topological polar surface area (TPSA) is 35.0 Å². The molecule has 0 aliphatic rings. The first-order chi connectivity index (χ1) is 7.69. The number of nitrogens with zero attached hydrogens (tertiary/aromatic N) is 2. The predicted octanol–water partition coefficient (Wildman–Crippen LogP) is 3.17. The minimum Gasteiger partial charge on any atom is -0.430 e. The molecule has 6 heteroatoms. The van der Waals surface area contributed by atoms with Gasteiger partial charge in [0.05, 0.1) is 0 Å². The molecule has 0 saturated carbocycles. The van der Waals surface area contributed by atoms with Crippen LogP contribution in [0, 0.1) is 11.6 Å². The van der Waals surface area contributed by atoms with Gasteiger partial charge in [-0.3, -0.25) is 0 Å². The van der Waals surface area contributed by atoms with Crippen LogP contribution in [0.15, 0.2) is 18.2 Å². The van der Waals surface area contributed by atoms with E-state index >= 15 is 0 Å². The number of aromatic nitrogens is 2. The molecule has 3 nitrogen and oxygen atoms in total. The molecule has 0 bridgehead atoms. The van der Waals surface area contributed by atoms with Crippen molar-refractivity contribution in [1.82, 2.24) is 9.36 Å². The third-order valence-corrected chi connectivity index (χ3v) is 2.49. The molecule has 0 radical (unpaired) electrons. The van der Waals surface area contributed by atoms with Crippen molar-refractivity contribution < 1.29 is 13.5 Å². The highest BCUT2D eigenvalue weighted by molar-refractivity contribution is 7.07. The number of benzene rings is 1. The quantitative estimate of drug-likeness (QED) is 0.829. The normalized spacial score (nSPS) is 10.4. The van der Waals surface area contributed by atoms with Crippen LogP contribution in [0.25, 0.3) is 0 Å². The van der Waals surface area contributed by atoms with E-state index in [1.54, 1.807) is 0 Å². The number of hydrogen-bond acceptors (Lipinski definition) is 4. The zero-order valence-corrected chi connectivity index (χ0v) is 9.22. The SMILES string of the molecule is CCc1nsc(Oc2ccc(F)c(F)c2)n1. The van der Waals surface area contributed by atoms with Crippen molar-refractivity contribution in [2.75, 3.05) is 0 Å². The highest BCUT2D eigenvalue weighted by Gasteiger charge is 2.07. The Morgan fingerprint density at radius 3 is 2.75 bits per heavy atom. The second-order valence-corrected chi connectivity index (χ2v) is 3.72. The molecule has 0 amide bonds. The van der Waals surface area contributed by atoms with Crippen molar-refractivity contribution in [3.63, 3.8) is 0 Å². The molecular weight excluding hydrogens is 234 g/mol. The number of aryl methyl sites for hydroxylation is 1. The van der Waals surface area contributed by atoms with E-state index in [9.17, 15) is 8.78 Å². The lowest BCUT2D eigenvalue weighted by molar-refractivity contribution is 0.458. The van der Waals surface area contributed by atoms with Gasteiger partial charge in [-0.25, -0.2) is 8.78 Å². The molecule has 16 heavy (non-hydrogen) atoms. The minimum atomic E-state index is -0.947. The van der Waals surface area contributed by atoms with Gasteiger partial charge in [0.15, 0.2) is 11.6 Å². The summed E-state index contributed by atoms with van der Waals surface area (Å²) in [6, 6.07) is 3.32. The van der Waals surface area contributed by atoms with Crippen molar-refractivity contribution in [3.8, 4) is 10.9 Å². The lowest BCUT2D eigenvalue weighted by Crippen LogP contribution is -1.88. The molecule has 1 aromatic heterocycles. The lowest BCUT2D eigenvalue weighted by Gasteiger charge is -2.00. The maximum atomic E-state index is 12.9. The van der Waals surface area contributed by atoms with Gasteiger partial charge in [0, 0.05) is 24.0 Å². The van der Waals surface area contributed by atoms with Crippen LogP contribution < -0.4 is 4.74 Å². The van der Waals surface area contributed by atoms with Crippen molar-refractivity contribution >= 4 is 11.5 Å². The maximum absolute atomic E-state index is 12.9. The average molecular weight is 242 g/mol. The molecule has 0 atom stereocenters. The monoisotopic (exact) mass is 242 g/mol. The Labute approximate surface area is 94.9 Å². The third-order valence-electron chi connectivity index (χ3n) is 1.86. The molecule has 2 rings (SSSR count). The van der Waals surface area contributed by atoms with Crippen LogP contribution in [-0.4, -0.2) is 9.36 Å². The second kappa shape index (κ2) is 4.52. The second-order valence-electron chi connectivity index (χ2n) is 3.01. The number of rotatable bonds is 3. The molecule has 0 fully saturated rings. The van der Waals surface area contributed by atoms with Crippen LogP contribution in [-0.2, 0) is 6.42 Å². The standard InChI is InChI=1S/C10H8F2N2OS/c1-2-9-13-10(16-14-9)15-6-3-4-7(11)8(12)5-6/h3-5H,2H2,1H3. The lowest BCUT2D eigenvalue weighted by atomic mass is 10.3. The van der Waals surface area contributed by atoms with Crippen LogP contribution in [0.1, 0.15) is 12.7 Å². The molecule has 0 spiro atoms. The van der Waals surface area contributed by atoms with Gasteiger partial charge < -0.3 is 4.74 Å². The molecule has 84 valence electrons. The van der Waals surface area contributed by atoms with Gasteiger partial charge in [-0.15, -0.1) is 0 Å². The Morgan fingerprint density at radius 2 is 2.12 bits per heavy atom. The van der Waals surface area contributed by atoms with Gasteiger partial charge in [0.25, 0.3) is 5.19 Å². The van der Waals surface area contributed by atoms with Gasteiger partial charge in [-0.1, -0.05) is 6.92 Å². The number of halogens is 2. The molecule has 0 aliphatic carbocycles. The van der Waals surface area contributed by atoms with E-state index in [2.05, 4.69) is 9.36 Å². The summed E-state index contributed by atoms with van der Waals surface area (Å²) in [5, 5.41) is 0.322. The van der Waals surface area contributed by atoms with Crippen molar-refractivity contribution in [2.45, 2.75) is 13.3 Å². The minimum absolute atomic E-state index is 0.206. The highest BCUT2D eigenvalue weighted by atomic mass is 32.1. The fourth-order valence-corrected chi connectivity index (χ4v) is 1.70. The first kappa shape index (κ1) is 10.9. The fraction of sp³-hybridized carbons (Fsp3) is 0.200. The van der Waals surface area contributed by atoms with Crippen LogP contribution in [0.3, 0.4) is 0 Å². The number of hydrogen-bond donors (Lipinski definition) is 0. The molecule has 1 aromatic carbocycles. The van der Waals surface area contributed by atoms with Crippen molar-refractivity contribution in [3.05, 3.63) is 35.7 Å². The smallest absolute Gasteiger partial charge is 0.298 e. The van der Waals surface area contributed by atoms with E-state index in [0.717, 1.165) is 23.7 Å². The summed E-state index contributed by atoms with van der Waals surface area (Å²) in [6.45, 7) is 1.92. The Bertz CT molecular complexity index is 501. The molecular formula is C10H8F2N2OS. The zero-order valence-electron chi connectivity index (χ0n) is 8.41. The summed E-state index contributed by atoms with van der Waals surface area (Å²) in [6.07, 6.45) is 0.706. The summed E-state index contributed by atoms with van der Waals surface area (Å²) in [5.41, 5.74) is 0. The van der Waals surface area contributed by atoms with Crippen LogP contribution in [0.5, 0.6) is 10.9 Å². The van der Waals surface area contributed by atoms with E-state index in [1.807, 2.05) is 6.92 Å². The van der Waals surface area contributed by atoms with Crippen LogP contribution in [0.4, 0.5) is 8.78 Å². The molecule has 0 saturated heterocycles. The van der Waals surface area contributed by atoms with E-state index in [-0.39, 0.29) is 5.75 Å². The summed E-state index contributed by atoms with van der Waals surface area (Å²) < 4.78 is 34.7. The Morgan fingerprint density at radius 1 is 1.31 bits per heavy atom. The van der Waals surface area contributed by atoms with Gasteiger partial charge in [-0.2, -0.15) is 9.36 Å². The summed E-state index contributed by atoms with van der Waals surface area (Å²) in [5.74, 6) is -0.975. The van der Waals surface area contributed by atoms with E-state index in [1.165, 1.54) is 6.07 Å². The zero-order chi connectivity index (χ0) is 11.5. The third kappa shape index (κ3) is 2.33. The van der Waals surface area contributed by atoms with Gasteiger partial charge in [-0.05, 0) is 12.1 Å². The van der Waals surface area contributed by atoms with Gasteiger partial charge in [0.1, 0.15) is 11.6 Å². The summed E-state index contributed by atoms with van der Waals surface area (Å²) in [4.78, 5) is 4.05. The molecule has 0 N–H and O–H groups in total. The fourth-order valence-electron chi connectivity index (χ4n) is 1.06. The van der Waals surface area contributed by atoms with Gasteiger partial charge in [0.2, 0.25) is 0 Å². The molecule has 2 aromatic rings. The maximum Gasteiger partial charge on any atom is 0.298 e. The highest BCUT2D eigenvalue weighted by Crippen LogP contribution is 2.24.